The predicted molar refractivity (Wildman–Crippen MR) is 58.2 cm³/mol. The number of benzene rings is 1. The minimum absolute atomic E-state index is 0.114. The average Bonchev–Trinajstić information content (AvgIpc) is 2.19. The molecule has 0 radical (unpaired) electrons. The lowest BCUT2D eigenvalue weighted by Gasteiger charge is -2.09. The predicted octanol–water partition coefficient (Wildman–Crippen LogP) is 2.17. The first-order chi connectivity index (χ1) is 7.13. The minimum Gasteiger partial charge on any atom is -0.508 e. The fourth-order valence-corrected chi connectivity index (χ4v) is 1.16. The molecule has 15 heavy (non-hydrogen) atoms. The van der Waals surface area contributed by atoms with Gasteiger partial charge in [-0.1, -0.05) is 19.9 Å². The van der Waals surface area contributed by atoms with Crippen LogP contribution in [-0.2, 0) is 11.2 Å². The topological polar surface area (TPSA) is 46.5 Å². The Kier molecular flexibility index (Phi) is 4.16. The SMILES string of the molecule is CC(C)COc1ccc(CC=O)c(O)c1. The van der Waals surface area contributed by atoms with E-state index in [9.17, 15) is 9.90 Å². The normalized spacial score (nSPS) is 10.3. The lowest BCUT2D eigenvalue weighted by molar-refractivity contribution is -0.107. The zero-order valence-corrected chi connectivity index (χ0v) is 9.06. The van der Waals surface area contributed by atoms with Crippen molar-refractivity contribution < 1.29 is 14.6 Å². The highest BCUT2D eigenvalue weighted by molar-refractivity contribution is 5.58. The second-order valence-corrected chi connectivity index (χ2v) is 3.87. The molecule has 0 aliphatic carbocycles. The summed E-state index contributed by atoms with van der Waals surface area (Å²) in [5.74, 6) is 1.20. The quantitative estimate of drug-likeness (QED) is 0.754. The van der Waals surface area contributed by atoms with Crippen LogP contribution in [-0.4, -0.2) is 18.0 Å². The maximum atomic E-state index is 10.3. The third-order valence-corrected chi connectivity index (χ3v) is 1.94. The van der Waals surface area contributed by atoms with Crippen LogP contribution in [0.4, 0.5) is 0 Å². The molecule has 0 atom stereocenters. The maximum Gasteiger partial charge on any atom is 0.124 e. The van der Waals surface area contributed by atoms with E-state index < -0.39 is 0 Å². The van der Waals surface area contributed by atoms with E-state index in [0.717, 1.165) is 6.29 Å². The number of hydrogen-bond acceptors (Lipinski definition) is 3. The Morgan fingerprint density at radius 3 is 2.73 bits per heavy atom. The lowest BCUT2D eigenvalue weighted by atomic mass is 10.1. The number of aromatic hydroxyl groups is 1. The fraction of sp³-hybridized carbons (Fsp3) is 0.417. The van der Waals surface area contributed by atoms with Gasteiger partial charge in [-0.15, -0.1) is 0 Å². The molecule has 0 saturated heterocycles. The van der Waals surface area contributed by atoms with Gasteiger partial charge in [-0.2, -0.15) is 0 Å². The Hall–Kier alpha value is -1.51. The third-order valence-electron chi connectivity index (χ3n) is 1.94. The molecular formula is C12H16O3. The van der Waals surface area contributed by atoms with E-state index in [1.807, 2.05) is 0 Å². The molecule has 0 amide bonds. The van der Waals surface area contributed by atoms with Gasteiger partial charge >= 0.3 is 0 Å². The number of hydrogen-bond donors (Lipinski definition) is 1. The van der Waals surface area contributed by atoms with Crippen LogP contribution in [0.2, 0.25) is 0 Å². The maximum absolute atomic E-state index is 10.3. The number of ether oxygens (including phenoxy) is 1. The van der Waals surface area contributed by atoms with Crippen molar-refractivity contribution in [2.24, 2.45) is 5.92 Å². The van der Waals surface area contributed by atoms with Gasteiger partial charge in [0.05, 0.1) is 6.61 Å². The van der Waals surface area contributed by atoms with E-state index in [1.165, 1.54) is 0 Å². The zero-order chi connectivity index (χ0) is 11.3. The van der Waals surface area contributed by atoms with Crippen molar-refractivity contribution in [1.29, 1.82) is 0 Å². The molecule has 0 aliphatic rings. The average molecular weight is 208 g/mol. The van der Waals surface area contributed by atoms with Crippen LogP contribution in [0.5, 0.6) is 11.5 Å². The number of phenolic OH excluding ortho intramolecular Hbond substituents is 1. The van der Waals surface area contributed by atoms with Crippen molar-refractivity contribution in [3.05, 3.63) is 23.8 Å². The van der Waals surface area contributed by atoms with Gasteiger partial charge in [-0.3, -0.25) is 0 Å². The van der Waals surface area contributed by atoms with Gasteiger partial charge in [0.25, 0.3) is 0 Å². The largest absolute Gasteiger partial charge is 0.508 e. The Labute approximate surface area is 89.7 Å². The molecule has 1 aromatic carbocycles. The number of carbonyl (C=O) groups excluding carboxylic acids is 1. The summed E-state index contributed by atoms with van der Waals surface area (Å²) < 4.78 is 5.43. The van der Waals surface area contributed by atoms with Crippen LogP contribution >= 0.6 is 0 Å². The fourth-order valence-electron chi connectivity index (χ4n) is 1.16. The van der Waals surface area contributed by atoms with E-state index in [0.29, 0.717) is 23.8 Å². The van der Waals surface area contributed by atoms with Crippen LogP contribution < -0.4 is 4.74 Å². The van der Waals surface area contributed by atoms with Gasteiger partial charge in [0, 0.05) is 18.1 Å². The molecular weight excluding hydrogens is 192 g/mol. The van der Waals surface area contributed by atoms with Crippen molar-refractivity contribution in [2.75, 3.05) is 6.61 Å². The van der Waals surface area contributed by atoms with Gasteiger partial charge in [0.2, 0.25) is 0 Å². The summed E-state index contributed by atoms with van der Waals surface area (Å²) in [5.41, 5.74) is 0.627. The van der Waals surface area contributed by atoms with Crippen LogP contribution in [0, 0.1) is 5.92 Å². The highest BCUT2D eigenvalue weighted by Gasteiger charge is 2.03. The summed E-state index contributed by atoms with van der Waals surface area (Å²) in [7, 11) is 0. The highest BCUT2D eigenvalue weighted by atomic mass is 16.5. The van der Waals surface area contributed by atoms with E-state index in [1.54, 1.807) is 18.2 Å². The molecule has 0 fully saturated rings. The first-order valence-electron chi connectivity index (χ1n) is 5.01. The lowest BCUT2D eigenvalue weighted by Crippen LogP contribution is -2.04. The smallest absolute Gasteiger partial charge is 0.124 e. The zero-order valence-electron chi connectivity index (χ0n) is 9.06. The van der Waals surface area contributed by atoms with Crippen LogP contribution in [0.1, 0.15) is 19.4 Å². The van der Waals surface area contributed by atoms with Crippen molar-refractivity contribution in [1.82, 2.24) is 0 Å². The molecule has 1 N–H and O–H groups in total. The summed E-state index contributed by atoms with van der Waals surface area (Å²) in [6.45, 7) is 4.73. The molecule has 0 saturated carbocycles. The summed E-state index contributed by atoms with van der Waals surface area (Å²) >= 11 is 0. The molecule has 0 bridgehead atoms. The molecule has 0 spiro atoms. The molecule has 0 aliphatic heterocycles. The molecule has 0 heterocycles. The van der Waals surface area contributed by atoms with Crippen molar-refractivity contribution in [3.63, 3.8) is 0 Å². The summed E-state index contributed by atoms with van der Waals surface area (Å²) in [4.78, 5) is 10.3. The van der Waals surface area contributed by atoms with Crippen molar-refractivity contribution in [3.8, 4) is 11.5 Å². The standard InChI is InChI=1S/C12H16O3/c1-9(2)8-15-11-4-3-10(5-6-13)12(14)7-11/h3-4,6-7,9,14H,5,8H2,1-2H3. The summed E-state index contributed by atoms with van der Waals surface area (Å²) in [5, 5.41) is 9.55. The molecule has 1 rings (SSSR count). The molecule has 3 nitrogen and oxygen atoms in total. The highest BCUT2D eigenvalue weighted by Crippen LogP contribution is 2.23. The van der Waals surface area contributed by atoms with Crippen LogP contribution in [0.15, 0.2) is 18.2 Å². The Morgan fingerprint density at radius 2 is 2.20 bits per heavy atom. The molecule has 3 heteroatoms. The molecule has 0 aromatic heterocycles. The summed E-state index contributed by atoms with van der Waals surface area (Å²) in [6, 6.07) is 5.02. The summed E-state index contributed by atoms with van der Waals surface area (Å²) in [6.07, 6.45) is 1.000. The Morgan fingerprint density at radius 1 is 1.47 bits per heavy atom. The van der Waals surface area contributed by atoms with Gasteiger partial charge in [-0.25, -0.2) is 0 Å². The van der Waals surface area contributed by atoms with E-state index in [-0.39, 0.29) is 12.2 Å². The second kappa shape index (κ2) is 5.39. The third kappa shape index (κ3) is 3.62. The second-order valence-electron chi connectivity index (χ2n) is 3.87. The van der Waals surface area contributed by atoms with Crippen LogP contribution in [0.25, 0.3) is 0 Å². The Balaban J connectivity index is 2.68. The van der Waals surface area contributed by atoms with Gasteiger partial charge in [-0.05, 0) is 12.0 Å². The number of phenols is 1. The van der Waals surface area contributed by atoms with Gasteiger partial charge in [0.1, 0.15) is 17.8 Å². The van der Waals surface area contributed by atoms with E-state index in [4.69, 9.17) is 4.74 Å². The van der Waals surface area contributed by atoms with Gasteiger partial charge < -0.3 is 14.6 Å². The number of carbonyl (C=O) groups is 1. The van der Waals surface area contributed by atoms with Gasteiger partial charge in [0.15, 0.2) is 0 Å². The van der Waals surface area contributed by atoms with E-state index in [2.05, 4.69) is 13.8 Å². The number of rotatable bonds is 5. The Bertz CT molecular complexity index is 332. The van der Waals surface area contributed by atoms with E-state index >= 15 is 0 Å². The number of aldehydes is 1. The first kappa shape index (κ1) is 11.6. The molecule has 1 aromatic rings. The van der Waals surface area contributed by atoms with Crippen molar-refractivity contribution in [2.45, 2.75) is 20.3 Å². The molecule has 82 valence electrons. The molecule has 0 unspecified atom stereocenters. The monoisotopic (exact) mass is 208 g/mol. The van der Waals surface area contributed by atoms with Crippen molar-refractivity contribution >= 4 is 6.29 Å². The minimum atomic E-state index is 0.114. The first-order valence-corrected chi connectivity index (χ1v) is 5.01. The van der Waals surface area contributed by atoms with Crippen LogP contribution in [0.3, 0.4) is 0 Å².